The number of ether oxygens (including phenoxy) is 1. The number of nitrogens with one attached hydrogen (secondary N) is 1. The minimum atomic E-state index is -4.57. The number of amides is 1. The fourth-order valence-corrected chi connectivity index (χ4v) is 4.17. The molecule has 0 aromatic heterocycles. The standard InChI is InChI=1S/C22H29F3N4O2/c1-2-28-9-11-29(12-10-28)21(30)15-31-19-7-5-17(6-8-19)27-18-4-3-16(14-26)20(13-18)22(23,24)25/h3-4,13,17,19,27H,2,5-12,15H2,1H3. The Balaban J connectivity index is 1.43. The number of anilines is 1. The Morgan fingerprint density at radius 1 is 1.19 bits per heavy atom. The molecule has 3 rings (SSSR count). The summed E-state index contributed by atoms with van der Waals surface area (Å²) in [5, 5.41) is 12.1. The Bertz CT molecular complexity index is 793. The van der Waals surface area contributed by atoms with Gasteiger partial charge in [-0.2, -0.15) is 18.4 Å². The van der Waals surface area contributed by atoms with E-state index < -0.39 is 11.7 Å². The molecule has 31 heavy (non-hydrogen) atoms. The maximum Gasteiger partial charge on any atom is 0.417 e. The van der Waals surface area contributed by atoms with Gasteiger partial charge >= 0.3 is 6.18 Å². The number of piperazine rings is 1. The molecule has 0 unspecified atom stereocenters. The highest BCUT2D eigenvalue weighted by atomic mass is 19.4. The molecule has 6 nitrogen and oxygen atoms in total. The van der Waals surface area contributed by atoms with Crippen molar-refractivity contribution in [2.45, 2.75) is 50.9 Å². The van der Waals surface area contributed by atoms with E-state index in [0.29, 0.717) is 5.69 Å². The van der Waals surface area contributed by atoms with E-state index in [4.69, 9.17) is 10.00 Å². The lowest BCUT2D eigenvalue weighted by Gasteiger charge is -2.34. The van der Waals surface area contributed by atoms with E-state index in [1.165, 1.54) is 12.1 Å². The number of alkyl halides is 3. The number of halogens is 3. The van der Waals surface area contributed by atoms with Crippen LogP contribution in [0.2, 0.25) is 0 Å². The first-order chi connectivity index (χ1) is 14.8. The molecule has 2 fully saturated rings. The quantitative estimate of drug-likeness (QED) is 0.737. The third-order valence-electron chi connectivity index (χ3n) is 6.11. The molecule has 0 radical (unpaired) electrons. The Morgan fingerprint density at radius 2 is 1.87 bits per heavy atom. The van der Waals surface area contributed by atoms with Gasteiger partial charge in [0.25, 0.3) is 0 Å². The van der Waals surface area contributed by atoms with Gasteiger partial charge in [-0.1, -0.05) is 6.92 Å². The van der Waals surface area contributed by atoms with E-state index in [1.54, 1.807) is 6.07 Å². The van der Waals surface area contributed by atoms with E-state index in [1.807, 2.05) is 4.90 Å². The van der Waals surface area contributed by atoms with Crippen LogP contribution in [0.4, 0.5) is 18.9 Å². The molecule has 1 aromatic rings. The van der Waals surface area contributed by atoms with Gasteiger partial charge in [0, 0.05) is 37.9 Å². The molecule has 170 valence electrons. The van der Waals surface area contributed by atoms with Gasteiger partial charge in [-0.05, 0) is 50.4 Å². The lowest BCUT2D eigenvalue weighted by molar-refractivity contribution is -0.140. The van der Waals surface area contributed by atoms with E-state index in [-0.39, 0.29) is 30.2 Å². The van der Waals surface area contributed by atoms with Crippen molar-refractivity contribution in [3.63, 3.8) is 0 Å². The maximum atomic E-state index is 13.1. The van der Waals surface area contributed by atoms with Gasteiger partial charge in [0.2, 0.25) is 5.91 Å². The average molecular weight is 438 g/mol. The molecule has 0 atom stereocenters. The SMILES string of the molecule is CCN1CCN(C(=O)COC2CCC(Nc3ccc(C#N)c(C(F)(F)F)c3)CC2)CC1. The first-order valence-electron chi connectivity index (χ1n) is 10.8. The molecular formula is C22H29F3N4O2. The highest BCUT2D eigenvalue weighted by Gasteiger charge is 2.34. The summed E-state index contributed by atoms with van der Waals surface area (Å²) in [6.07, 6.45) is -1.59. The van der Waals surface area contributed by atoms with Crippen LogP contribution in [-0.4, -0.2) is 67.2 Å². The lowest BCUT2D eigenvalue weighted by Crippen LogP contribution is -2.49. The topological polar surface area (TPSA) is 68.6 Å². The molecule has 0 spiro atoms. The van der Waals surface area contributed by atoms with Crippen LogP contribution < -0.4 is 5.32 Å². The van der Waals surface area contributed by atoms with Crippen molar-refractivity contribution in [1.82, 2.24) is 9.80 Å². The number of hydrogen-bond donors (Lipinski definition) is 1. The lowest BCUT2D eigenvalue weighted by atomic mass is 9.92. The summed E-state index contributed by atoms with van der Waals surface area (Å²) >= 11 is 0. The number of carbonyl (C=O) groups excluding carboxylic acids is 1. The van der Waals surface area contributed by atoms with Gasteiger partial charge in [0.05, 0.1) is 23.3 Å². The molecule has 2 aliphatic rings. The number of hydrogen-bond acceptors (Lipinski definition) is 5. The number of nitrogens with zero attached hydrogens (tertiary/aromatic N) is 3. The number of likely N-dealkylation sites (N-methyl/N-ethyl adjacent to an activating group) is 1. The Labute approximate surface area is 180 Å². The molecular weight excluding hydrogens is 409 g/mol. The second kappa shape index (κ2) is 10.3. The van der Waals surface area contributed by atoms with Gasteiger partial charge in [-0.15, -0.1) is 0 Å². The Hall–Kier alpha value is -2.31. The van der Waals surface area contributed by atoms with Crippen molar-refractivity contribution >= 4 is 11.6 Å². The van der Waals surface area contributed by atoms with Crippen molar-refractivity contribution in [1.29, 1.82) is 5.26 Å². The summed E-state index contributed by atoms with van der Waals surface area (Å²) in [5.41, 5.74) is -0.941. The van der Waals surface area contributed by atoms with Crippen LogP contribution >= 0.6 is 0 Å². The zero-order valence-electron chi connectivity index (χ0n) is 17.7. The van der Waals surface area contributed by atoms with Crippen molar-refractivity contribution < 1.29 is 22.7 Å². The molecule has 1 aromatic carbocycles. The van der Waals surface area contributed by atoms with Gasteiger partial charge in [0.1, 0.15) is 6.61 Å². The van der Waals surface area contributed by atoms with Crippen LogP contribution in [0.1, 0.15) is 43.7 Å². The van der Waals surface area contributed by atoms with Gasteiger partial charge in [-0.25, -0.2) is 0 Å². The third kappa shape index (κ3) is 6.34. The van der Waals surface area contributed by atoms with Gasteiger partial charge in [0.15, 0.2) is 0 Å². The minimum Gasteiger partial charge on any atom is -0.382 e. The summed E-state index contributed by atoms with van der Waals surface area (Å²) in [6, 6.07) is 5.33. The van der Waals surface area contributed by atoms with Crippen LogP contribution in [-0.2, 0) is 15.7 Å². The predicted octanol–water partition coefficient (Wildman–Crippen LogP) is 3.48. The van der Waals surface area contributed by atoms with Crippen molar-refractivity contribution in [3.05, 3.63) is 29.3 Å². The van der Waals surface area contributed by atoms with Gasteiger partial charge < -0.3 is 19.9 Å². The largest absolute Gasteiger partial charge is 0.417 e. The highest BCUT2D eigenvalue weighted by Crippen LogP contribution is 2.34. The molecule has 1 heterocycles. The van der Waals surface area contributed by atoms with E-state index >= 15 is 0 Å². The monoisotopic (exact) mass is 438 g/mol. The number of rotatable bonds is 6. The van der Waals surface area contributed by atoms with E-state index in [0.717, 1.165) is 64.5 Å². The van der Waals surface area contributed by atoms with Crippen molar-refractivity contribution in [2.24, 2.45) is 0 Å². The zero-order chi connectivity index (χ0) is 22.4. The second-order valence-electron chi connectivity index (χ2n) is 8.11. The molecule has 1 N–H and O–H groups in total. The van der Waals surface area contributed by atoms with E-state index in [9.17, 15) is 18.0 Å². The number of nitriles is 1. The normalized spacial score (nSPS) is 22.7. The van der Waals surface area contributed by atoms with E-state index in [2.05, 4.69) is 17.1 Å². The molecule has 1 aliphatic heterocycles. The smallest absolute Gasteiger partial charge is 0.382 e. The summed E-state index contributed by atoms with van der Waals surface area (Å²) in [7, 11) is 0. The van der Waals surface area contributed by atoms with Crippen LogP contribution in [0, 0.1) is 11.3 Å². The molecule has 0 bridgehead atoms. The second-order valence-corrected chi connectivity index (χ2v) is 8.11. The fourth-order valence-electron chi connectivity index (χ4n) is 4.17. The van der Waals surface area contributed by atoms with Crippen LogP contribution in [0.5, 0.6) is 0 Å². The average Bonchev–Trinajstić information content (AvgIpc) is 2.78. The minimum absolute atomic E-state index is 0.00867. The van der Waals surface area contributed by atoms with Crippen LogP contribution in [0.15, 0.2) is 18.2 Å². The molecule has 1 saturated heterocycles. The predicted molar refractivity (Wildman–Crippen MR) is 110 cm³/mol. The zero-order valence-corrected chi connectivity index (χ0v) is 17.7. The van der Waals surface area contributed by atoms with Crippen LogP contribution in [0.3, 0.4) is 0 Å². The van der Waals surface area contributed by atoms with Gasteiger partial charge in [-0.3, -0.25) is 4.79 Å². The molecule has 1 aliphatic carbocycles. The highest BCUT2D eigenvalue weighted by molar-refractivity contribution is 5.77. The summed E-state index contributed by atoms with van der Waals surface area (Å²) in [5.74, 6) is 0.0215. The Morgan fingerprint density at radius 3 is 2.45 bits per heavy atom. The Kier molecular flexibility index (Phi) is 7.79. The first kappa shape index (κ1) is 23.4. The molecule has 1 saturated carbocycles. The maximum absolute atomic E-state index is 13.1. The molecule has 1 amide bonds. The van der Waals surface area contributed by atoms with Crippen LogP contribution in [0.25, 0.3) is 0 Å². The first-order valence-corrected chi connectivity index (χ1v) is 10.8. The third-order valence-corrected chi connectivity index (χ3v) is 6.11. The fraction of sp³-hybridized carbons (Fsp3) is 0.636. The number of benzene rings is 1. The summed E-state index contributed by atoms with van der Waals surface area (Å²) in [4.78, 5) is 16.5. The molecule has 9 heteroatoms. The summed E-state index contributed by atoms with van der Waals surface area (Å²) in [6.45, 7) is 6.45. The number of carbonyl (C=O) groups is 1. The van der Waals surface area contributed by atoms with Crippen molar-refractivity contribution in [3.8, 4) is 6.07 Å². The van der Waals surface area contributed by atoms with Crippen molar-refractivity contribution in [2.75, 3.05) is 44.6 Å². The summed E-state index contributed by atoms with van der Waals surface area (Å²) < 4.78 is 45.2.